The Morgan fingerprint density at radius 2 is 2.09 bits per heavy atom. The quantitative estimate of drug-likeness (QED) is 0.482. The molecule has 0 saturated heterocycles. The van der Waals surface area contributed by atoms with Crippen molar-refractivity contribution in [1.82, 2.24) is 24.3 Å². The SMILES string of the molecule is Cc1ncc(C#N)c(C[C@@H](C)c2cc3cccc(-c4cnn(C)c4)c3c(=O)n2C2CC2)n1. The molecule has 1 saturated carbocycles. The van der Waals surface area contributed by atoms with Gasteiger partial charge >= 0.3 is 0 Å². The van der Waals surface area contributed by atoms with E-state index in [1.165, 1.54) is 0 Å². The first kappa shape index (κ1) is 20.1. The van der Waals surface area contributed by atoms with Gasteiger partial charge in [0.05, 0.1) is 22.8 Å². The minimum atomic E-state index is 0.0242. The van der Waals surface area contributed by atoms with Crippen LogP contribution in [0.5, 0.6) is 0 Å². The summed E-state index contributed by atoms with van der Waals surface area (Å²) in [5.41, 5.74) is 4.11. The molecule has 0 unspecified atom stereocenters. The Kier molecular flexibility index (Phi) is 4.86. The molecule has 7 heteroatoms. The van der Waals surface area contributed by atoms with E-state index in [4.69, 9.17) is 0 Å². The van der Waals surface area contributed by atoms with Crippen molar-refractivity contribution >= 4 is 10.8 Å². The lowest BCUT2D eigenvalue weighted by molar-refractivity contribution is 0.600. The van der Waals surface area contributed by atoms with E-state index in [1.54, 1.807) is 17.1 Å². The van der Waals surface area contributed by atoms with E-state index in [0.717, 1.165) is 46.1 Å². The molecule has 4 aromatic rings. The van der Waals surface area contributed by atoms with Crippen molar-refractivity contribution in [2.24, 2.45) is 7.05 Å². The van der Waals surface area contributed by atoms with Gasteiger partial charge in [-0.05, 0) is 43.2 Å². The Hall–Kier alpha value is -3.79. The van der Waals surface area contributed by atoms with Crippen molar-refractivity contribution < 1.29 is 0 Å². The number of aromatic nitrogens is 5. The molecule has 7 nitrogen and oxygen atoms in total. The van der Waals surface area contributed by atoms with Crippen LogP contribution in [0, 0.1) is 18.3 Å². The van der Waals surface area contributed by atoms with Crippen LogP contribution in [0.4, 0.5) is 0 Å². The predicted octanol–water partition coefficient (Wildman–Crippen LogP) is 4.05. The highest BCUT2D eigenvalue weighted by Crippen LogP contribution is 2.38. The average Bonchev–Trinajstić information content (AvgIpc) is 3.52. The molecular formula is C25H24N6O. The Balaban J connectivity index is 1.66. The van der Waals surface area contributed by atoms with Crippen molar-refractivity contribution in [3.63, 3.8) is 0 Å². The van der Waals surface area contributed by atoms with Crippen molar-refractivity contribution in [2.75, 3.05) is 0 Å². The van der Waals surface area contributed by atoms with Gasteiger partial charge in [0.25, 0.3) is 5.56 Å². The molecule has 0 aliphatic heterocycles. The standard InChI is InChI=1S/C25H24N6O/c1-15(9-22-18(11-26)12-27-16(2)29-22)23-10-17-5-4-6-21(19-13-28-30(3)14-19)24(17)25(32)31(23)20-7-8-20/h4-6,10,12-15,20H,7-9H2,1-3H3/t15-/m1/s1. The van der Waals surface area contributed by atoms with Gasteiger partial charge < -0.3 is 4.57 Å². The smallest absolute Gasteiger partial charge is 0.259 e. The molecular weight excluding hydrogens is 400 g/mol. The summed E-state index contributed by atoms with van der Waals surface area (Å²) in [6.45, 7) is 3.93. The van der Waals surface area contributed by atoms with E-state index in [2.05, 4.69) is 34.1 Å². The lowest BCUT2D eigenvalue weighted by Gasteiger charge is -2.20. The number of nitriles is 1. The molecule has 1 fully saturated rings. The van der Waals surface area contributed by atoms with Gasteiger partial charge in [-0.25, -0.2) is 9.97 Å². The van der Waals surface area contributed by atoms with Crippen molar-refractivity contribution in [2.45, 2.75) is 45.1 Å². The molecule has 1 aliphatic rings. The molecule has 0 N–H and O–H groups in total. The van der Waals surface area contributed by atoms with E-state index < -0.39 is 0 Å². The lowest BCUT2D eigenvalue weighted by Crippen LogP contribution is -2.25. The van der Waals surface area contributed by atoms with Gasteiger partial charge in [0.2, 0.25) is 0 Å². The summed E-state index contributed by atoms with van der Waals surface area (Å²) < 4.78 is 3.73. The van der Waals surface area contributed by atoms with Crippen LogP contribution in [-0.2, 0) is 13.5 Å². The topological polar surface area (TPSA) is 89.4 Å². The first-order valence-electron chi connectivity index (χ1n) is 10.9. The second kappa shape index (κ2) is 7.72. The van der Waals surface area contributed by atoms with Crippen LogP contribution in [-0.4, -0.2) is 24.3 Å². The van der Waals surface area contributed by atoms with Crippen LogP contribution in [0.3, 0.4) is 0 Å². The third kappa shape index (κ3) is 3.48. The summed E-state index contributed by atoms with van der Waals surface area (Å²) in [4.78, 5) is 22.5. The molecule has 3 aromatic heterocycles. The maximum atomic E-state index is 13.8. The minimum absolute atomic E-state index is 0.0242. The fourth-order valence-corrected chi connectivity index (χ4v) is 4.45. The summed E-state index contributed by atoms with van der Waals surface area (Å²) in [6.07, 6.45) is 7.91. The summed E-state index contributed by atoms with van der Waals surface area (Å²) in [5, 5.41) is 15.4. The number of benzene rings is 1. The number of fused-ring (bicyclic) bond motifs is 1. The largest absolute Gasteiger partial charge is 0.309 e. The Bertz CT molecular complexity index is 1440. The van der Waals surface area contributed by atoms with Crippen molar-refractivity contribution in [1.29, 1.82) is 5.26 Å². The van der Waals surface area contributed by atoms with Gasteiger partial charge in [-0.1, -0.05) is 25.1 Å². The van der Waals surface area contributed by atoms with Crippen LogP contribution in [0.25, 0.3) is 21.9 Å². The van der Waals surface area contributed by atoms with Crippen LogP contribution in [0.15, 0.2) is 47.7 Å². The molecule has 0 amide bonds. The summed E-state index contributed by atoms with van der Waals surface area (Å²) in [7, 11) is 1.88. The molecule has 0 radical (unpaired) electrons. The summed E-state index contributed by atoms with van der Waals surface area (Å²) in [5.74, 6) is 0.668. The summed E-state index contributed by atoms with van der Waals surface area (Å²) >= 11 is 0. The Labute approximate surface area is 186 Å². The molecule has 1 aromatic carbocycles. The molecule has 32 heavy (non-hydrogen) atoms. The molecule has 0 spiro atoms. The third-order valence-electron chi connectivity index (χ3n) is 6.15. The highest BCUT2D eigenvalue weighted by Gasteiger charge is 2.30. The van der Waals surface area contributed by atoms with Crippen molar-refractivity contribution in [3.05, 3.63) is 76.0 Å². The fourth-order valence-electron chi connectivity index (χ4n) is 4.45. The van der Waals surface area contributed by atoms with Crippen LogP contribution in [0.2, 0.25) is 0 Å². The molecule has 1 atom stereocenters. The van der Waals surface area contributed by atoms with Crippen molar-refractivity contribution in [3.8, 4) is 17.2 Å². The third-order valence-corrected chi connectivity index (χ3v) is 6.15. The van der Waals surface area contributed by atoms with Gasteiger partial charge in [-0.3, -0.25) is 9.48 Å². The second-order valence-corrected chi connectivity index (χ2v) is 8.64. The number of rotatable bonds is 5. The zero-order chi connectivity index (χ0) is 22.4. The Morgan fingerprint density at radius 1 is 1.28 bits per heavy atom. The van der Waals surface area contributed by atoms with E-state index in [9.17, 15) is 10.1 Å². The maximum Gasteiger partial charge on any atom is 0.259 e. The normalized spacial score (nSPS) is 14.4. The van der Waals surface area contributed by atoms with E-state index >= 15 is 0 Å². The number of pyridine rings is 1. The second-order valence-electron chi connectivity index (χ2n) is 8.64. The maximum absolute atomic E-state index is 13.8. The molecule has 0 bridgehead atoms. The number of hydrogen-bond acceptors (Lipinski definition) is 5. The first-order valence-corrected chi connectivity index (χ1v) is 10.9. The van der Waals surface area contributed by atoms with Crippen LogP contribution >= 0.6 is 0 Å². The molecule has 5 rings (SSSR count). The van der Waals surface area contributed by atoms with E-state index in [1.807, 2.05) is 42.9 Å². The molecule has 1 aliphatic carbocycles. The van der Waals surface area contributed by atoms with Crippen LogP contribution in [0.1, 0.15) is 54.5 Å². The van der Waals surface area contributed by atoms with Crippen LogP contribution < -0.4 is 5.56 Å². The van der Waals surface area contributed by atoms with Gasteiger partial charge in [0, 0.05) is 42.7 Å². The number of nitrogens with zero attached hydrogens (tertiary/aromatic N) is 6. The average molecular weight is 425 g/mol. The Morgan fingerprint density at radius 3 is 2.78 bits per heavy atom. The molecule has 3 heterocycles. The zero-order valence-corrected chi connectivity index (χ0v) is 18.4. The molecule has 160 valence electrons. The number of aryl methyl sites for hydroxylation is 2. The zero-order valence-electron chi connectivity index (χ0n) is 18.4. The highest BCUT2D eigenvalue weighted by atomic mass is 16.1. The summed E-state index contributed by atoms with van der Waals surface area (Å²) in [6, 6.07) is 10.5. The van der Waals surface area contributed by atoms with Gasteiger partial charge in [-0.2, -0.15) is 10.4 Å². The van der Waals surface area contributed by atoms with E-state index in [0.29, 0.717) is 17.8 Å². The van der Waals surface area contributed by atoms with Gasteiger partial charge in [-0.15, -0.1) is 0 Å². The lowest BCUT2D eigenvalue weighted by atomic mass is 9.95. The fraction of sp³-hybridized carbons (Fsp3) is 0.320. The first-order chi connectivity index (χ1) is 15.5. The van der Waals surface area contributed by atoms with Gasteiger partial charge in [0.1, 0.15) is 11.9 Å². The number of hydrogen-bond donors (Lipinski definition) is 0. The van der Waals surface area contributed by atoms with Gasteiger partial charge in [0.15, 0.2) is 0 Å². The predicted molar refractivity (Wildman–Crippen MR) is 122 cm³/mol. The van der Waals surface area contributed by atoms with E-state index in [-0.39, 0.29) is 17.5 Å². The minimum Gasteiger partial charge on any atom is -0.309 e. The monoisotopic (exact) mass is 424 g/mol. The highest BCUT2D eigenvalue weighted by molar-refractivity contribution is 5.96.